The van der Waals surface area contributed by atoms with E-state index in [-0.39, 0.29) is 12.4 Å². The molecule has 0 aliphatic rings. The topological polar surface area (TPSA) is 49.2 Å². The Morgan fingerprint density at radius 3 is 2.81 bits per heavy atom. The fraction of sp³-hybridized carbons (Fsp3) is 0.286. The van der Waals surface area contributed by atoms with Crippen LogP contribution in [0.5, 0.6) is 0 Å². The van der Waals surface area contributed by atoms with Gasteiger partial charge in [0.1, 0.15) is 12.4 Å². The van der Waals surface area contributed by atoms with Crippen LogP contribution in [0.2, 0.25) is 0 Å². The summed E-state index contributed by atoms with van der Waals surface area (Å²) in [4.78, 5) is 1.90. The Labute approximate surface area is 131 Å². The van der Waals surface area contributed by atoms with E-state index in [2.05, 4.69) is 22.0 Å². The maximum Gasteiger partial charge on any atom is 0.208 e. The molecule has 0 saturated carbocycles. The van der Waals surface area contributed by atoms with Crippen molar-refractivity contribution in [3.8, 4) is 11.8 Å². The van der Waals surface area contributed by atoms with Gasteiger partial charge in [0.25, 0.3) is 0 Å². The van der Waals surface area contributed by atoms with Crippen LogP contribution in [0.15, 0.2) is 22.5 Å². The average molecular weight is 323 g/mol. The molecule has 1 aromatic heterocycles. The molecule has 1 N–H and O–H groups in total. The number of rotatable bonds is 4. The number of hydrogen-bond donors (Lipinski definition) is 1. The Morgan fingerprint density at radius 2 is 2.14 bits per heavy atom. The van der Waals surface area contributed by atoms with Gasteiger partial charge in [-0.3, -0.25) is 0 Å². The molecule has 1 heterocycles. The second-order valence-corrected chi connectivity index (χ2v) is 6.52. The SMILES string of the molecule is CN(C)c1nnc(SCc2cc(F)cc(C#CCO)c2)s1. The van der Waals surface area contributed by atoms with Crippen LogP contribution in [-0.4, -0.2) is 36.0 Å². The zero-order valence-corrected chi connectivity index (χ0v) is 13.3. The van der Waals surface area contributed by atoms with Crippen molar-refractivity contribution in [3.05, 3.63) is 35.1 Å². The number of aliphatic hydroxyl groups excluding tert-OH is 1. The first-order valence-corrected chi connectivity index (χ1v) is 7.91. The van der Waals surface area contributed by atoms with E-state index in [1.165, 1.54) is 35.2 Å². The number of thioether (sulfide) groups is 1. The van der Waals surface area contributed by atoms with E-state index >= 15 is 0 Å². The Hall–Kier alpha value is -1.62. The van der Waals surface area contributed by atoms with Gasteiger partial charge in [0.2, 0.25) is 5.13 Å². The Bertz CT molecular complexity index is 676. The normalized spacial score (nSPS) is 10.1. The van der Waals surface area contributed by atoms with Crippen LogP contribution in [0.1, 0.15) is 11.1 Å². The molecule has 0 unspecified atom stereocenters. The predicted octanol–water partition coefficient (Wildman–Crippen LogP) is 2.38. The molecule has 0 spiro atoms. The van der Waals surface area contributed by atoms with Crippen LogP contribution >= 0.6 is 23.1 Å². The Balaban J connectivity index is 2.06. The maximum atomic E-state index is 13.5. The number of halogens is 1. The van der Waals surface area contributed by atoms with Gasteiger partial charge in [0.05, 0.1) is 0 Å². The van der Waals surface area contributed by atoms with E-state index in [0.717, 1.165) is 15.0 Å². The molecular weight excluding hydrogens is 309 g/mol. The third-order valence-electron chi connectivity index (χ3n) is 2.41. The van der Waals surface area contributed by atoms with Crippen molar-refractivity contribution in [2.24, 2.45) is 0 Å². The highest BCUT2D eigenvalue weighted by atomic mass is 32.2. The molecule has 0 atom stereocenters. The van der Waals surface area contributed by atoms with Crippen molar-refractivity contribution < 1.29 is 9.50 Å². The van der Waals surface area contributed by atoms with E-state index in [9.17, 15) is 4.39 Å². The quantitative estimate of drug-likeness (QED) is 0.691. The summed E-state index contributed by atoms with van der Waals surface area (Å²) in [7, 11) is 3.82. The van der Waals surface area contributed by atoms with Crippen molar-refractivity contribution in [3.63, 3.8) is 0 Å². The van der Waals surface area contributed by atoms with Crippen molar-refractivity contribution in [1.29, 1.82) is 0 Å². The first-order valence-electron chi connectivity index (χ1n) is 6.11. The molecule has 0 amide bonds. The van der Waals surface area contributed by atoms with E-state index in [0.29, 0.717) is 11.3 Å². The number of aromatic nitrogens is 2. The summed E-state index contributed by atoms with van der Waals surface area (Å²) in [5.74, 6) is 5.49. The van der Waals surface area contributed by atoms with Crippen LogP contribution in [-0.2, 0) is 5.75 Å². The highest BCUT2D eigenvalue weighted by Gasteiger charge is 2.07. The van der Waals surface area contributed by atoms with Gasteiger partial charge >= 0.3 is 0 Å². The summed E-state index contributed by atoms with van der Waals surface area (Å²) < 4.78 is 14.4. The van der Waals surface area contributed by atoms with Gasteiger partial charge in [-0.05, 0) is 23.8 Å². The van der Waals surface area contributed by atoms with Crippen molar-refractivity contribution in [2.75, 3.05) is 25.6 Å². The van der Waals surface area contributed by atoms with Gasteiger partial charge in [0.15, 0.2) is 4.34 Å². The summed E-state index contributed by atoms with van der Waals surface area (Å²) in [6, 6.07) is 4.64. The van der Waals surface area contributed by atoms with Gasteiger partial charge in [0, 0.05) is 25.4 Å². The summed E-state index contributed by atoms with van der Waals surface area (Å²) in [6.45, 7) is -0.237. The zero-order chi connectivity index (χ0) is 15.2. The number of anilines is 1. The summed E-state index contributed by atoms with van der Waals surface area (Å²) in [5.41, 5.74) is 1.38. The first-order chi connectivity index (χ1) is 10.1. The minimum Gasteiger partial charge on any atom is -0.384 e. The van der Waals surface area contributed by atoms with Crippen LogP contribution in [0, 0.1) is 17.7 Å². The molecule has 0 aliphatic heterocycles. The fourth-order valence-corrected chi connectivity index (χ4v) is 3.23. The first kappa shape index (κ1) is 15.8. The number of benzene rings is 1. The van der Waals surface area contributed by atoms with Crippen LogP contribution < -0.4 is 4.90 Å². The molecule has 0 fully saturated rings. The number of nitrogens with zero attached hydrogens (tertiary/aromatic N) is 3. The zero-order valence-electron chi connectivity index (χ0n) is 11.6. The van der Waals surface area contributed by atoms with Crippen LogP contribution in [0.3, 0.4) is 0 Å². The number of hydrogen-bond acceptors (Lipinski definition) is 6. The van der Waals surface area contributed by atoms with Gasteiger partial charge in [-0.2, -0.15) is 0 Å². The monoisotopic (exact) mass is 323 g/mol. The number of aliphatic hydroxyl groups is 1. The van der Waals surface area contributed by atoms with E-state index < -0.39 is 0 Å². The second-order valence-electron chi connectivity index (χ2n) is 4.34. The summed E-state index contributed by atoms with van der Waals surface area (Å²) in [6.07, 6.45) is 0. The van der Waals surface area contributed by atoms with Crippen molar-refractivity contribution in [2.45, 2.75) is 10.1 Å². The lowest BCUT2D eigenvalue weighted by molar-refractivity contribution is 0.350. The lowest BCUT2D eigenvalue weighted by atomic mass is 10.1. The van der Waals surface area contributed by atoms with Gasteiger partial charge in [-0.25, -0.2) is 4.39 Å². The minimum atomic E-state index is -0.332. The largest absolute Gasteiger partial charge is 0.384 e. The highest BCUT2D eigenvalue weighted by molar-refractivity contribution is 8.00. The van der Waals surface area contributed by atoms with E-state index in [1.807, 2.05) is 25.1 Å². The average Bonchev–Trinajstić information content (AvgIpc) is 2.91. The molecule has 0 bridgehead atoms. The molecule has 110 valence electrons. The molecule has 2 aromatic rings. The van der Waals surface area contributed by atoms with Gasteiger partial charge in [-0.1, -0.05) is 34.9 Å². The van der Waals surface area contributed by atoms with Crippen LogP contribution in [0.25, 0.3) is 0 Å². The van der Waals surface area contributed by atoms with Crippen LogP contribution in [0.4, 0.5) is 9.52 Å². The van der Waals surface area contributed by atoms with Gasteiger partial charge < -0.3 is 10.0 Å². The third kappa shape index (κ3) is 4.70. The standard InChI is InChI=1S/C14H14FN3OS2/c1-18(2)13-16-17-14(21-13)20-9-11-6-10(4-3-5-19)7-12(15)8-11/h6-8,19H,5,9H2,1-2H3. The maximum absolute atomic E-state index is 13.5. The summed E-state index contributed by atoms with van der Waals surface area (Å²) >= 11 is 3.00. The lowest BCUT2D eigenvalue weighted by Gasteiger charge is -2.04. The molecule has 2 rings (SSSR count). The second kappa shape index (κ2) is 7.41. The molecule has 1 aromatic carbocycles. The van der Waals surface area contributed by atoms with Crippen molar-refractivity contribution in [1.82, 2.24) is 10.2 Å². The molecule has 0 saturated heterocycles. The summed E-state index contributed by atoms with van der Waals surface area (Å²) in [5, 5.41) is 17.7. The third-order valence-corrected chi connectivity index (χ3v) is 4.71. The van der Waals surface area contributed by atoms with E-state index in [4.69, 9.17) is 5.11 Å². The van der Waals surface area contributed by atoms with Gasteiger partial charge in [-0.15, -0.1) is 10.2 Å². The molecule has 21 heavy (non-hydrogen) atoms. The Morgan fingerprint density at radius 1 is 1.33 bits per heavy atom. The highest BCUT2D eigenvalue weighted by Crippen LogP contribution is 2.29. The fourth-order valence-electron chi connectivity index (χ4n) is 1.53. The molecule has 7 heteroatoms. The molecule has 0 aliphatic carbocycles. The predicted molar refractivity (Wildman–Crippen MR) is 84.2 cm³/mol. The smallest absolute Gasteiger partial charge is 0.208 e. The molecular formula is C14H14FN3OS2. The van der Waals surface area contributed by atoms with E-state index in [1.54, 1.807) is 0 Å². The Kier molecular flexibility index (Phi) is 5.56. The molecule has 4 nitrogen and oxygen atoms in total. The van der Waals surface area contributed by atoms with Crippen molar-refractivity contribution >= 4 is 28.2 Å². The lowest BCUT2D eigenvalue weighted by Crippen LogP contribution is -2.07. The minimum absolute atomic E-state index is 0.237. The molecule has 0 radical (unpaired) electrons.